The number of aromatic nitrogens is 1. The monoisotopic (exact) mass is 486 g/mol. The number of pyridine rings is 1. The Morgan fingerprint density at radius 2 is 1.76 bits per heavy atom. The third-order valence-electron chi connectivity index (χ3n) is 5.13. The molecule has 1 aliphatic heterocycles. The van der Waals surface area contributed by atoms with Crippen molar-refractivity contribution in [2.24, 2.45) is 0 Å². The molecule has 12 heteroatoms. The van der Waals surface area contributed by atoms with Gasteiger partial charge < -0.3 is 24.6 Å². The van der Waals surface area contributed by atoms with Gasteiger partial charge in [-0.05, 0) is 24.3 Å². The van der Waals surface area contributed by atoms with E-state index in [9.17, 15) is 22.8 Å². The van der Waals surface area contributed by atoms with Crippen LogP contribution in [0.15, 0.2) is 30.5 Å². The second-order valence-electron chi connectivity index (χ2n) is 7.15. The second-order valence-corrected chi connectivity index (χ2v) is 7.55. The van der Waals surface area contributed by atoms with Gasteiger partial charge in [0, 0.05) is 37.9 Å². The number of rotatable bonds is 6. The van der Waals surface area contributed by atoms with Crippen LogP contribution in [0.25, 0.3) is 0 Å². The fourth-order valence-electron chi connectivity index (χ4n) is 3.33. The zero-order valence-corrected chi connectivity index (χ0v) is 18.7. The number of benzene rings is 1. The minimum atomic E-state index is -4.53. The number of anilines is 1. The predicted molar refractivity (Wildman–Crippen MR) is 115 cm³/mol. The molecule has 1 aromatic heterocycles. The van der Waals surface area contributed by atoms with Crippen LogP contribution in [0.1, 0.15) is 15.9 Å². The van der Waals surface area contributed by atoms with Gasteiger partial charge in [0.05, 0.1) is 31.4 Å². The topological polar surface area (TPSA) is 84.0 Å². The Morgan fingerprint density at radius 1 is 1.09 bits per heavy atom. The molecule has 33 heavy (non-hydrogen) atoms. The van der Waals surface area contributed by atoms with Crippen LogP contribution in [0.4, 0.5) is 19.0 Å². The van der Waals surface area contributed by atoms with Gasteiger partial charge in [-0.3, -0.25) is 9.59 Å². The molecule has 2 aromatic rings. The maximum Gasteiger partial charge on any atom is 0.417 e. The van der Waals surface area contributed by atoms with Gasteiger partial charge in [-0.2, -0.15) is 13.2 Å². The van der Waals surface area contributed by atoms with Crippen LogP contribution in [0, 0.1) is 0 Å². The molecule has 1 saturated heterocycles. The largest absolute Gasteiger partial charge is 0.493 e. The van der Waals surface area contributed by atoms with Gasteiger partial charge in [0.25, 0.3) is 5.91 Å². The number of hydrogen-bond acceptors (Lipinski definition) is 6. The molecule has 1 N–H and O–H groups in total. The summed E-state index contributed by atoms with van der Waals surface area (Å²) in [6.45, 7) is 1.10. The molecule has 0 unspecified atom stereocenters. The van der Waals surface area contributed by atoms with Crippen LogP contribution in [0.5, 0.6) is 11.5 Å². The minimum Gasteiger partial charge on any atom is -0.493 e. The van der Waals surface area contributed by atoms with Crippen LogP contribution in [-0.2, 0) is 11.0 Å². The molecule has 0 saturated carbocycles. The highest BCUT2D eigenvalue weighted by atomic mass is 35.5. The van der Waals surface area contributed by atoms with E-state index in [0.29, 0.717) is 43.2 Å². The average Bonchev–Trinajstić information content (AvgIpc) is 2.81. The van der Waals surface area contributed by atoms with Gasteiger partial charge in [-0.25, -0.2) is 4.98 Å². The summed E-state index contributed by atoms with van der Waals surface area (Å²) in [5.74, 6) is 0.380. The summed E-state index contributed by atoms with van der Waals surface area (Å²) in [7, 11) is 2.94. The number of nitrogens with one attached hydrogen (secondary N) is 1. The first-order chi connectivity index (χ1) is 15.6. The number of hydrogen-bond donors (Lipinski definition) is 1. The summed E-state index contributed by atoms with van der Waals surface area (Å²) in [6.07, 6.45) is -3.79. The zero-order chi connectivity index (χ0) is 24.2. The summed E-state index contributed by atoms with van der Waals surface area (Å²) < 4.78 is 48.7. The number of amides is 2. The Balaban J connectivity index is 1.53. The number of carbonyl (C=O) groups is 2. The fourth-order valence-corrected chi connectivity index (χ4v) is 3.62. The summed E-state index contributed by atoms with van der Waals surface area (Å²) in [5.41, 5.74) is -0.608. The van der Waals surface area contributed by atoms with Crippen molar-refractivity contribution in [3.8, 4) is 11.5 Å². The normalized spacial score (nSPS) is 14.1. The van der Waals surface area contributed by atoms with Crippen molar-refractivity contribution >= 4 is 29.2 Å². The number of methoxy groups -OCH3 is 2. The molecule has 8 nitrogen and oxygen atoms in total. The van der Waals surface area contributed by atoms with Gasteiger partial charge in [-0.1, -0.05) is 11.6 Å². The molecule has 0 atom stereocenters. The van der Waals surface area contributed by atoms with Crippen LogP contribution in [0.2, 0.25) is 5.02 Å². The van der Waals surface area contributed by atoms with Crippen molar-refractivity contribution in [3.05, 3.63) is 46.6 Å². The smallest absolute Gasteiger partial charge is 0.417 e. The highest BCUT2D eigenvalue weighted by molar-refractivity contribution is 6.33. The molecule has 178 valence electrons. The molecule has 1 aromatic carbocycles. The van der Waals surface area contributed by atoms with E-state index in [1.54, 1.807) is 21.9 Å². The maximum absolute atomic E-state index is 12.8. The Morgan fingerprint density at radius 3 is 2.33 bits per heavy atom. The molecule has 2 heterocycles. The van der Waals surface area contributed by atoms with Crippen molar-refractivity contribution in [2.45, 2.75) is 6.18 Å². The number of alkyl halides is 3. The van der Waals surface area contributed by atoms with Crippen molar-refractivity contribution in [3.63, 3.8) is 0 Å². The Bertz CT molecular complexity index is 1030. The van der Waals surface area contributed by atoms with E-state index >= 15 is 0 Å². The minimum absolute atomic E-state index is 0.105. The van der Waals surface area contributed by atoms with Gasteiger partial charge in [0.1, 0.15) is 5.82 Å². The molecule has 0 aliphatic carbocycles. The molecule has 1 aliphatic rings. The summed E-state index contributed by atoms with van der Waals surface area (Å²) in [5, 5.41) is 2.47. The van der Waals surface area contributed by atoms with E-state index in [1.165, 1.54) is 20.3 Å². The van der Waals surface area contributed by atoms with Crippen LogP contribution >= 0.6 is 11.6 Å². The van der Waals surface area contributed by atoms with Gasteiger partial charge >= 0.3 is 6.18 Å². The lowest BCUT2D eigenvalue weighted by Gasteiger charge is -2.35. The van der Waals surface area contributed by atoms with Gasteiger partial charge in [0.2, 0.25) is 5.91 Å². The van der Waals surface area contributed by atoms with Crippen molar-refractivity contribution < 1.29 is 32.2 Å². The fraction of sp³-hybridized carbons (Fsp3) is 0.381. The molecule has 0 bridgehead atoms. The van der Waals surface area contributed by atoms with Crippen molar-refractivity contribution in [1.82, 2.24) is 15.2 Å². The predicted octanol–water partition coefficient (Wildman–Crippen LogP) is 2.85. The third-order valence-corrected chi connectivity index (χ3v) is 5.41. The summed E-state index contributed by atoms with van der Waals surface area (Å²) >= 11 is 6.00. The lowest BCUT2D eigenvalue weighted by atomic mass is 10.2. The Labute approximate surface area is 193 Å². The summed E-state index contributed by atoms with van der Waals surface area (Å²) in [6, 6.07) is 5.50. The molecule has 2 amide bonds. The number of carbonyl (C=O) groups excluding carboxylic acids is 2. The molecule has 3 rings (SSSR count). The molecule has 0 spiro atoms. The highest BCUT2D eigenvalue weighted by Gasteiger charge is 2.32. The van der Waals surface area contributed by atoms with Crippen molar-refractivity contribution in [2.75, 3.05) is 51.8 Å². The van der Waals surface area contributed by atoms with E-state index in [0.717, 1.165) is 12.3 Å². The molecule has 0 radical (unpaired) electrons. The zero-order valence-electron chi connectivity index (χ0n) is 17.9. The Kier molecular flexibility index (Phi) is 7.52. The van der Waals surface area contributed by atoms with Crippen LogP contribution in [-0.4, -0.2) is 68.6 Å². The third kappa shape index (κ3) is 5.78. The Hall–Kier alpha value is -3.21. The van der Waals surface area contributed by atoms with E-state index in [1.807, 2.05) is 0 Å². The average molecular weight is 487 g/mol. The number of piperazine rings is 1. The van der Waals surface area contributed by atoms with E-state index in [4.69, 9.17) is 21.1 Å². The standard InChI is InChI=1S/C21H22ClF3N4O4/c1-32-16-4-3-13(9-17(16)33-2)20(31)27-12-18(30)28-5-7-29(8-6-28)19-15(22)10-14(11-26-19)21(23,24)25/h3-4,9-11H,5-8,12H2,1-2H3,(H,27,31). The van der Waals surface area contributed by atoms with Gasteiger partial charge in [-0.15, -0.1) is 0 Å². The number of halogens is 4. The SMILES string of the molecule is COc1ccc(C(=O)NCC(=O)N2CCN(c3ncc(C(F)(F)F)cc3Cl)CC2)cc1OC. The summed E-state index contributed by atoms with van der Waals surface area (Å²) in [4.78, 5) is 32.0. The lowest BCUT2D eigenvalue weighted by molar-refractivity contribution is -0.137. The molecular formula is C21H22ClF3N4O4. The maximum atomic E-state index is 12.8. The van der Waals surface area contributed by atoms with E-state index in [-0.39, 0.29) is 23.3 Å². The first-order valence-electron chi connectivity index (χ1n) is 9.89. The van der Waals surface area contributed by atoms with Crippen molar-refractivity contribution in [1.29, 1.82) is 0 Å². The van der Waals surface area contributed by atoms with E-state index in [2.05, 4.69) is 10.3 Å². The second kappa shape index (κ2) is 10.2. The van der Waals surface area contributed by atoms with Gasteiger partial charge in [0.15, 0.2) is 11.5 Å². The van der Waals surface area contributed by atoms with Crippen LogP contribution in [0.3, 0.4) is 0 Å². The lowest BCUT2D eigenvalue weighted by Crippen LogP contribution is -2.51. The highest BCUT2D eigenvalue weighted by Crippen LogP contribution is 2.33. The quantitative estimate of drug-likeness (QED) is 0.676. The first-order valence-corrected chi connectivity index (χ1v) is 10.3. The van der Waals surface area contributed by atoms with E-state index < -0.39 is 17.6 Å². The number of ether oxygens (including phenoxy) is 2. The molecular weight excluding hydrogens is 465 g/mol. The first kappa shape index (κ1) is 24.4. The molecule has 1 fully saturated rings. The number of nitrogens with zero attached hydrogens (tertiary/aromatic N) is 3. The van der Waals surface area contributed by atoms with Crippen LogP contribution < -0.4 is 19.7 Å².